The lowest BCUT2D eigenvalue weighted by Gasteiger charge is -2.63. The van der Waals surface area contributed by atoms with Crippen molar-refractivity contribution in [1.82, 2.24) is 20.9 Å². The highest BCUT2D eigenvalue weighted by Gasteiger charge is 2.68. The van der Waals surface area contributed by atoms with Crippen LogP contribution in [0.25, 0.3) is 0 Å². The molecule has 16 heteroatoms. The maximum absolute atomic E-state index is 13.9. The third-order valence-corrected chi connectivity index (χ3v) is 14.5. The van der Waals surface area contributed by atoms with Gasteiger partial charge in [-0.3, -0.25) is 14.4 Å². The summed E-state index contributed by atoms with van der Waals surface area (Å²) >= 11 is 0. The van der Waals surface area contributed by atoms with E-state index in [1.807, 2.05) is 6.07 Å². The molecule has 386 valence electrons. The highest BCUT2D eigenvalue weighted by molar-refractivity contribution is 5.79. The quantitative estimate of drug-likeness (QED) is 0.105. The number of carbonyl (C=O) groups excluding carboxylic acids is 6. The maximum atomic E-state index is 13.9. The second kappa shape index (κ2) is 22.6. The number of amides is 3. The SMILES string of the molecule is C[C@@H](CCCN(C)Cc1ccccc1)[C@H]1CC[C@H]2[C]3[C@H](OC(=O)CNC(=O)OC(C)(C)C)C[C]4C[C@H](OC(=O)CNC(=O)OC(C)(C)C)CC[C@]4(C)[C@H]3C[C@H](OC(=O)CNC(=O)OC(C)(C)C)[C@]12C. The topological polar surface area (TPSA) is 197 Å². The van der Waals surface area contributed by atoms with E-state index in [0.29, 0.717) is 32.1 Å². The van der Waals surface area contributed by atoms with Gasteiger partial charge in [-0.1, -0.05) is 51.1 Å². The zero-order valence-corrected chi connectivity index (χ0v) is 43.7. The standard InChI is InChI=1S/C53H82N4O12/c1-33(18-17-25-57(13)32-34-19-15-14-16-20-34)37-21-22-38-45-39(28-41(53(37,38)12)66-44(60)31-56-48(63)69-51(8,9)10)52(11)24-23-36(64-42(58)29-54-46(61)67-49(2,3)4)26-35(52)27-40(45)65-43(59)30-55-47(62)68-50(5,6)7/h14-16,19-20,33,36-41H,17-18,21-32H2,1-13H3,(H,54,61)(H,55,62)(H,56,63)/t33-,36+,37+,38-,39-,40+,41-,52-,53+/m0/s1. The Morgan fingerprint density at radius 3 is 1.75 bits per heavy atom. The lowest BCUT2D eigenvalue weighted by molar-refractivity contribution is -0.178. The molecular weight excluding hydrogens is 885 g/mol. The fourth-order valence-electron chi connectivity index (χ4n) is 11.6. The Hall–Kier alpha value is -4.60. The minimum absolute atomic E-state index is 0.0921. The lowest BCUT2D eigenvalue weighted by Crippen LogP contribution is -2.62. The smallest absolute Gasteiger partial charge is 0.408 e. The van der Waals surface area contributed by atoms with Crippen molar-refractivity contribution in [3.05, 3.63) is 47.7 Å². The van der Waals surface area contributed by atoms with Crippen LogP contribution in [0.1, 0.15) is 146 Å². The Balaban J connectivity index is 1.42. The van der Waals surface area contributed by atoms with E-state index >= 15 is 0 Å². The molecule has 1 aromatic carbocycles. The molecule has 69 heavy (non-hydrogen) atoms. The second-order valence-electron chi connectivity index (χ2n) is 23.3. The first-order chi connectivity index (χ1) is 32.1. The van der Waals surface area contributed by atoms with Gasteiger partial charge in [-0.05, 0) is 174 Å². The summed E-state index contributed by atoms with van der Waals surface area (Å²) in [5.41, 5.74) is -1.97. The molecule has 4 saturated carbocycles. The van der Waals surface area contributed by atoms with Crippen LogP contribution in [0, 0.1) is 46.3 Å². The first kappa shape index (κ1) is 55.3. The molecule has 4 aliphatic carbocycles. The molecule has 4 fully saturated rings. The van der Waals surface area contributed by atoms with Crippen LogP contribution in [0.4, 0.5) is 14.4 Å². The second-order valence-corrected chi connectivity index (χ2v) is 23.3. The molecule has 2 radical (unpaired) electrons. The molecule has 0 aliphatic heterocycles. The number of nitrogens with one attached hydrogen (secondary N) is 3. The number of hydrogen-bond acceptors (Lipinski definition) is 13. The number of alkyl carbamates (subject to hydrolysis) is 3. The molecule has 0 saturated heterocycles. The molecule has 5 rings (SSSR count). The number of rotatable bonds is 16. The molecule has 3 amide bonds. The molecule has 0 unspecified atom stereocenters. The molecule has 16 nitrogen and oxygen atoms in total. The van der Waals surface area contributed by atoms with Gasteiger partial charge >= 0.3 is 36.2 Å². The van der Waals surface area contributed by atoms with Crippen LogP contribution in [0.3, 0.4) is 0 Å². The Morgan fingerprint density at radius 2 is 1.22 bits per heavy atom. The summed E-state index contributed by atoms with van der Waals surface area (Å²) in [5.74, 6) is 0.571. The molecule has 9 atom stereocenters. The van der Waals surface area contributed by atoms with Crippen LogP contribution in [0.2, 0.25) is 0 Å². The predicted octanol–water partition coefficient (Wildman–Crippen LogP) is 8.64. The first-order valence-electron chi connectivity index (χ1n) is 25.0. The van der Waals surface area contributed by atoms with Crippen molar-refractivity contribution < 1.29 is 57.2 Å². The summed E-state index contributed by atoms with van der Waals surface area (Å²) < 4.78 is 35.1. The van der Waals surface area contributed by atoms with E-state index in [2.05, 4.69) is 72.9 Å². The van der Waals surface area contributed by atoms with Gasteiger partial charge in [0.05, 0.1) is 0 Å². The fraction of sp³-hybridized carbons (Fsp3) is 0.736. The van der Waals surface area contributed by atoms with Crippen LogP contribution >= 0.6 is 0 Å². The minimum atomic E-state index is -0.763. The number of hydrogen-bond donors (Lipinski definition) is 3. The molecule has 4 aliphatic rings. The Bertz CT molecular complexity index is 1940. The van der Waals surface area contributed by atoms with Crippen molar-refractivity contribution in [1.29, 1.82) is 0 Å². The average Bonchev–Trinajstić information content (AvgIpc) is 3.58. The van der Waals surface area contributed by atoms with Crippen LogP contribution < -0.4 is 16.0 Å². The summed E-state index contributed by atoms with van der Waals surface area (Å²) in [6, 6.07) is 10.4. The highest BCUT2D eigenvalue weighted by atomic mass is 16.6. The van der Waals surface area contributed by atoms with Gasteiger partial charge in [0.25, 0.3) is 0 Å². The Labute approximate surface area is 411 Å². The van der Waals surface area contributed by atoms with Gasteiger partial charge in [0.1, 0.15) is 54.7 Å². The van der Waals surface area contributed by atoms with Gasteiger partial charge in [0, 0.05) is 17.9 Å². The zero-order chi connectivity index (χ0) is 51.1. The van der Waals surface area contributed by atoms with Crippen molar-refractivity contribution >= 4 is 36.2 Å². The minimum Gasteiger partial charge on any atom is -0.461 e. The van der Waals surface area contributed by atoms with Crippen LogP contribution in [0.5, 0.6) is 0 Å². The molecule has 0 aromatic heterocycles. The number of esters is 3. The third kappa shape index (κ3) is 15.4. The van der Waals surface area contributed by atoms with Crippen LogP contribution in [0.15, 0.2) is 30.3 Å². The van der Waals surface area contributed by atoms with Crippen molar-refractivity contribution in [3.8, 4) is 0 Å². The van der Waals surface area contributed by atoms with Crippen LogP contribution in [-0.4, -0.2) is 109 Å². The van der Waals surface area contributed by atoms with Gasteiger partial charge in [-0.2, -0.15) is 0 Å². The number of benzene rings is 1. The zero-order valence-electron chi connectivity index (χ0n) is 43.7. The Morgan fingerprint density at radius 1 is 0.696 bits per heavy atom. The van der Waals surface area contributed by atoms with Gasteiger partial charge in [-0.25, -0.2) is 14.4 Å². The highest BCUT2D eigenvalue weighted by Crippen LogP contribution is 2.70. The van der Waals surface area contributed by atoms with Gasteiger partial charge in [0.2, 0.25) is 0 Å². The average molecular weight is 967 g/mol. The molecule has 0 spiro atoms. The van der Waals surface area contributed by atoms with E-state index in [4.69, 9.17) is 28.4 Å². The van der Waals surface area contributed by atoms with E-state index in [1.54, 1.807) is 62.3 Å². The summed E-state index contributed by atoms with van der Waals surface area (Å²) in [5, 5.41) is 7.62. The van der Waals surface area contributed by atoms with E-state index in [0.717, 1.165) is 50.6 Å². The van der Waals surface area contributed by atoms with Gasteiger partial charge < -0.3 is 49.3 Å². The monoisotopic (exact) mass is 967 g/mol. The largest absolute Gasteiger partial charge is 0.461 e. The summed E-state index contributed by atoms with van der Waals surface area (Å²) in [4.78, 5) is 80.8. The molecule has 0 heterocycles. The Kier molecular flexibility index (Phi) is 18.2. The molecule has 1 aromatic rings. The number of carbonyl (C=O) groups is 6. The van der Waals surface area contributed by atoms with Gasteiger partial charge in [0.15, 0.2) is 0 Å². The maximum Gasteiger partial charge on any atom is 0.408 e. The third-order valence-electron chi connectivity index (χ3n) is 14.5. The van der Waals surface area contributed by atoms with E-state index in [9.17, 15) is 28.8 Å². The predicted molar refractivity (Wildman–Crippen MR) is 259 cm³/mol. The molecular formula is C53H82N4O12. The van der Waals surface area contributed by atoms with Crippen molar-refractivity contribution in [2.45, 2.75) is 183 Å². The number of nitrogens with zero attached hydrogens (tertiary/aromatic N) is 1. The molecule has 3 N–H and O–H groups in total. The fourth-order valence-corrected chi connectivity index (χ4v) is 11.6. The van der Waals surface area contributed by atoms with Crippen molar-refractivity contribution in [2.24, 2.45) is 34.5 Å². The van der Waals surface area contributed by atoms with Crippen LogP contribution in [-0.2, 0) is 49.3 Å². The van der Waals surface area contributed by atoms with E-state index in [1.165, 1.54) is 5.56 Å². The lowest BCUT2D eigenvalue weighted by atomic mass is 9.43. The normalized spacial score (nSPS) is 27.6. The van der Waals surface area contributed by atoms with Crippen molar-refractivity contribution in [2.75, 3.05) is 33.2 Å². The first-order valence-corrected chi connectivity index (χ1v) is 25.0. The van der Waals surface area contributed by atoms with Crippen molar-refractivity contribution in [3.63, 3.8) is 0 Å². The van der Waals surface area contributed by atoms with Gasteiger partial charge in [-0.15, -0.1) is 0 Å². The summed E-state index contributed by atoms with van der Waals surface area (Å²) in [6.45, 7) is 23.1. The number of ether oxygens (including phenoxy) is 6. The number of fused-ring (bicyclic) bond motifs is 5. The van der Waals surface area contributed by atoms with E-state index < -0.39 is 88.7 Å². The van der Waals surface area contributed by atoms with E-state index in [-0.39, 0.29) is 36.8 Å². The summed E-state index contributed by atoms with van der Waals surface area (Å²) in [7, 11) is 2.14. The molecule has 0 bridgehead atoms. The summed E-state index contributed by atoms with van der Waals surface area (Å²) in [6.07, 6.45) is 2.23.